The average molecular weight is 422 g/mol. The number of aryl methyl sites for hydroxylation is 1. The number of ether oxygens (including phenoxy) is 2. The normalized spacial score (nSPS) is 11.3. The summed E-state index contributed by atoms with van der Waals surface area (Å²) < 4.78 is 62.2. The fourth-order valence-electron chi connectivity index (χ4n) is 2.80. The van der Waals surface area contributed by atoms with Crippen molar-refractivity contribution in [3.8, 4) is 28.1 Å². The van der Waals surface area contributed by atoms with Crippen molar-refractivity contribution >= 4 is 5.97 Å². The standard InChI is InChI=1S/C20H14F4N2O4/c1-26-10-15(19(28)29-2)25-17(18(26)27)12-7-11(8-13(21)9-12)14-5-3-4-6-16(14)30-20(22,23)24/h3-10H,1-2H3. The lowest BCUT2D eigenvalue weighted by atomic mass is 10.0. The van der Waals surface area contributed by atoms with Gasteiger partial charge >= 0.3 is 12.3 Å². The third-order valence-corrected chi connectivity index (χ3v) is 4.06. The van der Waals surface area contributed by atoms with Crippen LogP contribution < -0.4 is 10.3 Å². The summed E-state index contributed by atoms with van der Waals surface area (Å²) >= 11 is 0. The molecule has 0 bridgehead atoms. The Bertz CT molecular complexity index is 1170. The van der Waals surface area contributed by atoms with Crippen LogP contribution in [0.4, 0.5) is 17.6 Å². The molecule has 0 N–H and O–H groups in total. The van der Waals surface area contributed by atoms with Crippen LogP contribution in [0.25, 0.3) is 22.4 Å². The number of alkyl halides is 3. The predicted molar refractivity (Wildman–Crippen MR) is 98.3 cm³/mol. The monoisotopic (exact) mass is 422 g/mol. The van der Waals surface area contributed by atoms with Crippen molar-refractivity contribution < 1.29 is 31.8 Å². The molecule has 0 aliphatic heterocycles. The third kappa shape index (κ3) is 4.48. The van der Waals surface area contributed by atoms with Gasteiger partial charge in [0.2, 0.25) is 0 Å². The van der Waals surface area contributed by atoms with Gasteiger partial charge in [0.25, 0.3) is 5.56 Å². The molecular formula is C20H14F4N2O4. The molecule has 0 saturated carbocycles. The van der Waals surface area contributed by atoms with Crippen molar-refractivity contribution in [2.75, 3.05) is 7.11 Å². The molecule has 0 spiro atoms. The fourth-order valence-corrected chi connectivity index (χ4v) is 2.80. The number of halogens is 4. The van der Waals surface area contributed by atoms with Crippen molar-refractivity contribution in [3.63, 3.8) is 0 Å². The molecule has 0 aliphatic rings. The van der Waals surface area contributed by atoms with E-state index in [-0.39, 0.29) is 28.1 Å². The van der Waals surface area contributed by atoms with Crippen LogP contribution in [0.3, 0.4) is 0 Å². The van der Waals surface area contributed by atoms with Gasteiger partial charge in [-0.3, -0.25) is 4.79 Å². The van der Waals surface area contributed by atoms with Gasteiger partial charge in [0, 0.05) is 24.4 Å². The van der Waals surface area contributed by atoms with Crippen LogP contribution in [0.15, 0.2) is 53.5 Å². The minimum Gasteiger partial charge on any atom is -0.464 e. The maximum atomic E-state index is 14.3. The van der Waals surface area contributed by atoms with Crippen molar-refractivity contribution in [3.05, 3.63) is 70.5 Å². The van der Waals surface area contributed by atoms with Gasteiger partial charge < -0.3 is 14.0 Å². The Labute approximate surface area is 167 Å². The zero-order chi connectivity index (χ0) is 22.1. The molecule has 3 aromatic rings. The number of para-hydroxylation sites is 1. The van der Waals surface area contributed by atoms with Gasteiger partial charge in [-0.25, -0.2) is 14.2 Å². The lowest BCUT2D eigenvalue weighted by Crippen LogP contribution is -2.23. The summed E-state index contributed by atoms with van der Waals surface area (Å²) in [6.07, 6.45) is -3.79. The average Bonchev–Trinajstić information content (AvgIpc) is 2.68. The summed E-state index contributed by atoms with van der Waals surface area (Å²) in [7, 11) is 2.50. The number of benzene rings is 2. The molecule has 0 aliphatic carbocycles. The molecule has 1 aromatic heterocycles. The number of rotatable bonds is 4. The first-order chi connectivity index (χ1) is 14.1. The molecule has 156 valence electrons. The van der Waals surface area contributed by atoms with Gasteiger partial charge in [0.1, 0.15) is 17.3 Å². The van der Waals surface area contributed by atoms with Gasteiger partial charge in [-0.1, -0.05) is 18.2 Å². The molecule has 0 radical (unpaired) electrons. The van der Waals surface area contributed by atoms with Crippen LogP contribution in [0.2, 0.25) is 0 Å². The molecule has 10 heteroatoms. The summed E-state index contributed by atoms with van der Waals surface area (Å²) in [5.41, 5.74) is -1.15. The van der Waals surface area contributed by atoms with Gasteiger partial charge in [-0.2, -0.15) is 0 Å². The van der Waals surface area contributed by atoms with E-state index in [9.17, 15) is 27.2 Å². The molecule has 0 unspecified atom stereocenters. The van der Waals surface area contributed by atoms with Crippen molar-refractivity contribution in [1.82, 2.24) is 9.55 Å². The van der Waals surface area contributed by atoms with E-state index in [1.807, 2.05) is 0 Å². The van der Waals surface area contributed by atoms with E-state index in [4.69, 9.17) is 0 Å². The highest BCUT2D eigenvalue weighted by Gasteiger charge is 2.32. The van der Waals surface area contributed by atoms with E-state index in [1.165, 1.54) is 31.3 Å². The summed E-state index contributed by atoms with van der Waals surface area (Å²) in [6.45, 7) is 0. The Morgan fingerprint density at radius 2 is 1.77 bits per heavy atom. The molecular weight excluding hydrogens is 408 g/mol. The highest BCUT2D eigenvalue weighted by molar-refractivity contribution is 5.87. The zero-order valence-corrected chi connectivity index (χ0v) is 15.7. The lowest BCUT2D eigenvalue weighted by Gasteiger charge is -2.14. The number of carbonyl (C=O) groups excluding carboxylic acids is 1. The number of carbonyl (C=O) groups is 1. The Balaban J connectivity index is 2.19. The zero-order valence-electron chi connectivity index (χ0n) is 15.7. The first-order valence-corrected chi connectivity index (χ1v) is 8.41. The van der Waals surface area contributed by atoms with Crippen LogP contribution in [0.5, 0.6) is 5.75 Å². The first kappa shape index (κ1) is 21.0. The third-order valence-electron chi connectivity index (χ3n) is 4.06. The molecule has 0 fully saturated rings. The van der Waals surface area contributed by atoms with E-state index < -0.39 is 29.5 Å². The highest BCUT2D eigenvalue weighted by Crippen LogP contribution is 2.35. The Morgan fingerprint density at radius 3 is 2.43 bits per heavy atom. The van der Waals surface area contributed by atoms with Crippen LogP contribution >= 0.6 is 0 Å². The number of aromatic nitrogens is 2. The second kappa shape index (κ2) is 7.97. The molecule has 0 amide bonds. The highest BCUT2D eigenvalue weighted by atomic mass is 19.4. The molecule has 6 nitrogen and oxygen atoms in total. The summed E-state index contributed by atoms with van der Waals surface area (Å²) in [6, 6.07) is 8.46. The molecule has 1 heterocycles. The SMILES string of the molecule is COC(=O)c1cn(C)c(=O)c(-c2cc(F)cc(-c3ccccc3OC(F)(F)F)c2)n1. The van der Waals surface area contributed by atoms with Crippen molar-refractivity contribution in [2.24, 2.45) is 7.05 Å². The second-order valence-corrected chi connectivity index (χ2v) is 6.15. The minimum absolute atomic E-state index is 0.0252. The van der Waals surface area contributed by atoms with Gasteiger partial charge in [0.05, 0.1) is 7.11 Å². The van der Waals surface area contributed by atoms with Gasteiger partial charge in [-0.15, -0.1) is 13.2 Å². The molecule has 30 heavy (non-hydrogen) atoms. The van der Waals surface area contributed by atoms with Crippen molar-refractivity contribution in [2.45, 2.75) is 6.36 Å². The van der Waals surface area contributed by atoms with Crippen LogP contribution in [-0.4, -0.2) is 29.0 Å². The quantitative estimate of drug-likeness (QED) is 0.471. The fraction of sp³-hybridized carbons (Fsp3) is 0.150. The summed E-state index contributed by atoms with van der Waals surface area (Å²) in [5.74, 6) is -2.17. The van der Waals surface area contributed by atoms with E-state index in [0.717, 1.165) is 36.1 Å². The predicted octanol–water partition coefficient (Wildman–Crippen LogP) is 3.94. The minimum atomic E-state index is -4.95. The number of hydrogen-bond acceptors (Lipinski definition) is 5. The Kier molecular flexibility index (Phi) is 5.59. The Hall–Kier alpha value is -3.69. The number of methoxy groups -OCH3 is 1. The first-order valence-electron chi connectivity index (χ1n) is 8.41. The van der Waals surface area contributed by atoms with Crippen LogP contribution in [0.1, 0.15) is 10.5 Å². The van der Waals surface area contributed by atoms with E-state index in [0.29, 0.717) is 0 Å². The van der Waals surface area contributed by atoms with Gasteiger partial charge in [0.15, 0.2) is 5.69 Å². The van der Waals surface area contributed by atoms with Crippen LogP contribution in [-0.2, 0) is 11.8 Å². The smallest absolute Gasteiger partial charge is 0.464 e. The number of hydrogen-bond donors (Lipinski definition) is 0. The van der Waals surface area contributed by atoms with Crippen molar-refractivity contribution in [1.29, 1.82) is 0 Å². The summed E-state index contributed by atoms with van der Waals surface area (Å²) in [4.78, 5) is 28.2. The molecule has 0 saturated heterocycles. The summed E-state index contributed by atoms with van der Waals surface area (Å²) in [5, 5.41) is 0. The maximum Gasteiger partial charge on any atom is 0.573 e. The number of esters is 1. The van der Waals surface area contributed by atoms with E-state index >= 15 is 0 Å². The topological polar surface area (TPSA) is 70.4 Å². The lowest BCUT2D eigenvalue weighted by molar-refractivity contribution is -0.274. The molecule has 2 aromatic carbocycles. The number of nitrogens with zero attached hydrogens (tertiary/aromatic N) is 2. The van der Waals surface area contributed by atoms with E-state index in [2.05, 4.69) is 14.5 Å². The second-order valence-electron chi connectivity index (χ2n) is 6.15. The molecule has 0 atom stereocenters. The van der Waals surface area contributed by atoms with E-state index in [1.54, 1.807) is 0 Å². The molecule has 3 rings (SSSR count). The Morgan fingerprint density at radius 1 is 1.10 bits per heavy atom. The largest absolute Gasteiger partial charge is 0.573 e. The van der Waals surface area contributed by atoms with Gasteiger partial charge in [-0.05, 0) is 29.8 Å². The maximum absolute atomic E-state index is 14.3. The van der Waals surface area contributed by atoms with Crippen LogP contribution in [0, 0.1) is 5.82 Å².